The summed E-state index contributed by atoms with van der Waals surface area (Å²) in [6.45, 7) is 0.618. The van der Waals surface area contributed by atoms with Crippen LogP contribution < -0.4 is 19.5 Å². The predicted octanol–water partition coefficient (Wildman–Crippen LogP) is 2.13. The standard InChI is InChI=1S/C19H20N2O5/c1-23-16-5-2-14(3-6-16)8-9-20-19(22)12-26-21-11-15-4-7-17-18(10-15)25-13-24-17/h2-7,10-11H,8-9,12-13H2,1H3,(H,20,22)/b21-11-. The molecule has 1 aliphatic rings. The fourth-order valence-corrected chi connectivity index (χ4v) is 2.38. The topological polar surface area (TPSA) is 78.4 Å². The number of oxime groups is 1. The maximum absolute atomic E-state index is 11.7. The molecule has 0 fully saturated rings. The second-order valence-corrected chi connectivity index (χ2v) is 5.57. The minimum atomic E-state index is -0.221. The van der Waals surface area contributed by atoms with E-state index in [0.29, 0.717) is 18.0 Å². The van der Waals surface area contributed by atoms with Gasteiger partial charge in [0, 0.05) is 12.1 Å². The van der Waals surface area contributed by atoms with Crippen molar-refractivity contribution in [1.82, 2.24) is 5.32 Å². The zero-order valence-electron chi connectivity index (χ0n) is 14.4. The molecule has 0 spiro atoms. The molecule has 1 aliphatic heterocycles. The molecule has 1 amide bonds. The van der Waals surface area contributed by atoms with Gasteiger partial charge in [-0.1, -0.05) is 17.3 Å². The van der Waals surface area contributed by atoms with Crippen molar-refractivity contribution in [2.24, 2.45) is 5.16 Å². The van der Waals surface area contributed by atoms with Crippen LogP contribution in [0, 0.1) is 0 Å². The highest BCUT2D eigenvalue weighted by molar-refractivity contribution is 5.81. The molecule has 7 nitrogen and oxygen atoms in total. The van der Waals surface area contributed by atoms with Gasteiger partial charge in [0.05, 0.1) is 13.3 Å². The molecular formula is C19H20N2O5. The molecule has 26 heavy (non-hydrogen) atoms. The molecular weight excluding hydrogens is 336 g/mol. The molecule has 2 aromatic carbocycles. The number of fused-ring (bicyclic) bond motifs is 1. The molecule has 2 aromatic rings. The van der Waals surface area contributed by atoms with E-state index in [0.717, 1.165) is 23.3 Å². The van der Waals surface area contributed by atoms with Crippen LogP contribution in [0.2, 0.25) is 0 Å². The van der Waals surface area contributed by atoms with Crippen molar-refractivity contribution in [3.05, 3.63) is 53.6 Å². The van der Waals surface area contributed by atoms with Crippen molar-refractivity contribution in [3.8, 4) is 17.2 Å². The summed E-state index contributed by atoms with van der Waals surface area (Å²) in [4.78, 5) is 16.8. The first-order chi connectivity index (χ1) is 12.7. The average Bonchev–Trinajstić information content (AvgIpc) is 3.13. The number of carbonyl (C=O) groups excluding carboxylic acids is 1. The number of hydrogen-bond donors (Lipinski definition) is 1. The van der Waals surface area contributed by atoms with Gasteiger partial charge in [-0.3, -0.25) is 4.79 Å². The second-order valence-electron chi connectivity index (χ2n) is 5.57. The quantitative estimate of drug-likeness (QED) is 0.579. The van der Waals surface area contributed by atoms with Gasteiger partial charge in [-0.15, -0.1) is 0 Å². The Balaban J connectivity index is 1.34. The number of carbonyl (C=O) groups is 1. The van der Waals surface area contributed by atoms with Crippen LogP contribution in [-0.4, -0.2) is 39.2 Å². The lowest BCUT2D eigenvalue weighted by molar-refractivity contribution is -0.125. The van der Waals surface area contributed by atoms with Gasteiger partial charge < -0.3 is 24.4 Å². The van der Waals surface area contributed by atoms with Crippen molar-refractivity contribution in [2.45, 2.75) is 6.42 Å². The van der Waals surface area contributed by atoms with Crippen LogP contribution in [0.4, 0.5) is 0 Å². The molecule has 0 bridgehead atoms. The summed E-state index contributed by atoms with van der Waals surface area (Å²) in [6, 6.07) is 13.2. The molecule has 0 aliphatic carbocycles. The number of nitrogens with one attached hydrogen (secondary N) is 1. The Hall–Kier alpha value is -3.22. The molecule has 0 saturated heterocycles. The largest absolute Gasteiger partial charge is 0.497 e. The van der Waals surface area contributed by atoms with Gasteiger partial charge in [-0.05, 0) is 42.3 Å². The highest BCUT2D eigenvalue weighted by Gasteiger charge is 2.12. The molecule has 136 valence electrons. The monoisotopic (exact) mass is 356 g/mol. The van der Waals surface area contributed by atoms with E-state index in [2.05, 4.69) is 10.5 Å². The fourth-order valence-electron chi connectivity index (χ4n) is 2.38. The number of methoxy groups -OCH3 is 1. The lowest BCUT2D eigenvalue weighted by atomic mass is 10.1. The molecule has 0 aromatic heterocycles. The van der Waals surface area contributed by atoms with Gasteiger partial charge in [0.1, 0.15) is 5.75 Å². The van der Waals surface area contributed by atoms with Gasteiger partial charge in [0.25, 0.3) is 5.91 Å². The number of benzene rings is 2. The molecule has 0 saturated carbocycles. The smallest absolute Gasteiger partial charge is 0.260 e. The Labute approximate surface area is 151 Å². The van der Waals surface area contributed by atoms with E-state index in [-0.39, 0.29) is 19.3 Å². The summed E-state index contributed by atoms with van der Waals surface area (Å²) in [5.41, 5.74) is 1.92. The summed E-state index contributed by atoms with van der Waals surface area (Å²) >= 11 is 0. The minimum Gasteiger partial charge on any atom is -0.497 e. The number of amides is 1. The van der Waals surface area contributed by atoms with Crippen LogP contribution in [-0.2, 0) is 16.1 Å². The van der Waals surface area contributed by atoms with Gasteiger partial charge in [-0.25, -0.2) is 0 Å². The van der Waals surface area contributed by atoms with E-state index < -0.39 is 0 Å². The molecule has 1 N–H and O–H groups in total. The maximum atomic E-state index is 11.7. The number of ether oxygens (including phenoxy) is 3. The van der Waals surface area contributed by atoms with Crippen LogP contribution in [0.15, 0.2) is 47.6 Å². The molecule has 7 heteroatoms. The van der Waals surface area contributed by atoms with Gasteiger partial charge in [0.2, 0.25) is 6.79 Å². The third kappa shape index (κ3) is 4.89. The summed E-state index contributed by atoms with van der Waals surface area (Å²) in [5, 5.41) is 6.58. The SMILES string of the molecule is COc1ccc(CCNC(=O)CO/N=C\c2ccc3c(c2)OCO3)cc1. The third-order valence-corrected chi connectivity index (χ3v) is 3.76. The summed E-state index contributed by atoms with van der Waals surface area (Å²) in [6.07, 6.45) is 2.25. The van der Waals surface area contributed by atoms with Crippen molar-refractivity contribution >= 4 is 12.1 Å². The predicted molar refractivity (Wildman–Crippen MR) is 95.8 cm³/mol. The zero-order valence-corrected chi connectivity index (χ0v) is 14.4. The second kappa shape index (κ2) is 8.75. The normalized spacial score (nSPS) is 12.2. The Morgan fingerprint density at radius 3 is 2.81 bits per heavy atom. The van der Waals surface area contributed by atoms with Crippen LogP contribution in [0.25, 0.3) is 0 Å². The van der Waals surface area contributed by atoms with E-state index in [1.54, 1.807) is 19.2 Å². The van der Waals surface area contributed by atoms with E-state index in [1.165, 1.54) is 6.21 Å². The van der Waals surface area contributed by atoms with E-state index in [9.17, 15) is 4.79 Å². The molecule has 3 rings (SSSR count). The van der Waals surface area contributed by atoms with Gasteiger partial charge >= 0.3 is 0 Å². The first-order valence-electron chi connectivity index (χ1n) is 8.19. The van der Waals surface area contributed by atoms with E-state index in [4.69, 9.17) is 19.0 Å². The summed E-state index contributed by atoms with van der Waals surface area (Å²) < 4.78 is 15.6. The van der Waals surface area contributed by atoms with Gasteiger partial charge in [0.15, 0.2) is 18.1 Å². The minimum absolute atomic E-state index is 0.135. The molecule has 0 unspecified atom stereocenters. The zero-order chi connectivity index (χ0) is 18.2. The Bertz CT molecular complexity index is 774. The fraction of sp³-hybridized carbons (Fsp3) is 0.263. The summed E-state index contributed by atoms with van der Waals surface area (Å²) in [5.74, 6) is 1.97. The highest BCUT2D eigenvalue weighted by atomic mass is 16.7. The Morgan fingerprint density at radius 1 is 1.19 bits per heavy atom. The van der Waals surface area contributed by atoms with Crippen LogP contribution in [0.5, 0.6) is 17.2 Å². The summed E-state index contributed by atoms with van der Waals surface area (Å²) in [7, 11) is 1.63. The molecule has 0 atom stereocenters. The highest BCUT2D eigenvalue weighted by Crippen LogP contribution is 2.31. The van der Waals surface area contributed by atoms with Crippen LogP contribution >= 0.6 is 0 Å². The van der Waals surface area contributed by atoms with Gasteiger partial charge in [-0.2, -0.15) is 0 Å². The van der Waals surface area contributed by atoms with Crippen LogP contribution in [0.1, 0.15) is 11.1 Å². The van der Waals surface area contributed by atoms with Crippen molar-refractivity contribution < 1.29 is 23.8 Å². The van der Waals surface area contributed by atoms with Crippen LogP contribution in [0.3, 0.4) is 0 Å². The first kappa shape index (κ1) is 17.6. The number of rotatable bonds is 8. The molecule has 0 radical (unpaired) electrons. The van der Waals surface area contributed by atoms with Crippen molar-refractivity contribution in [3.63, 3.8) is 0 Å². The molecule has 1 heterocycles. The van der Waals surface area contributed by atoms with Crippen molar-refractivity contribution in [1.29, 1.82) is 0 Å². The first-order valence-corrected chi connectivity index (χ1v) is 8.19. The average molecular weight is 356 g/mol. The Morgan fingerprint density at radius 2 is 2.00 bits per heavy atom. The third-order valence-electron chi connectivity index (χ3n) is 3.76. The number of nitrogens with zero attached hydrogens (tertiary/aromatic N) is 1. The number of hydrogen-bond acceptors (Lipinski definition) is 6. The van der Waals surface area contributed by atoms with E-state index in [1.807, 2.05) is 30.3 Å². The van der Waals surface area contributed by atoms with E-state index >= 15 is 0 Å². The maximum Gasteiger partial charge on any atom is 0.260 e. The van der Waals surface area contributed by atoms with Crippen molar-refractivity contribution in [2.75, 3.05) is 27.1 Å². The Kier molecular flexibility index (Phi) is 5.92. The lowest BCUT2D eigenvalue weighted by Gasteiger charge is -2.05. The lowest BCUT2D eigenvalue weighted by Crippen LogP contribution is -2.28.